The molecule has 1 aliphatic heterocycles. The Morgan fingerprint density at radius 1 is 1.21 bits per heavy atom. The molecule has 1 unspecified atom stereocenters. The summed E-state index contributed by atoms with van der Waals surface area (Å²) in [4.78, 5) is 33.3. The predicted octanol–water partition coefficient (Wildman–Crippen LogP) is 3.12. The molecule has 1 aromatic carbocycles. The largest absolute Gasteiger partial charge is 0.376 e. The molecule has 10 heteroatoms. The second kappa shape index (κ2) is 11.0. The van der Waals surface area contributed by atoms with Gasteiger partial charge >= 0.3 is 0 Å². The molecule has 3 heterocycles. The van der Waals surface area contributed by atoms with Crippen LogP contribution in [0.15, 0.2) is 41.5 Å². The quantitative estimate of drug-likeness (QED) is 0.403. The Balaban J connectivity index is 1.51. The van der Waals surface area contributed by atoms with Crippen molar-refractivity contribution in [3.8, 4) is 11.3 Å². The molecule has 0 saturated carbocycles. The SMILES string of the molecule is CCCCc1cnc(C(=O)Nc2cc(-c3cc(NC4CCCNC4)c(=O)[nH]n3)ccc2F)cn1. The number of unbranched alkanes of at least 4 members (excludes halogenated alkanes) is 1. The van der Waals surface area contributed by atoms with Gasteiger partial charge in [0.1, 0.15) is 17.2 Å². The predicted molar refractivity (Wildman–Crippen MR) is 128 cm³/mol. The Morgan fingerprint density at radius 3 is 2.82 bits per heavy atom. The maximum atomic E-state index is 14.5. The van der Waals surface area contributed by atoms with E-state index in [9.17, 15) is 14.0 Å². The summed E-state index contributed by atoms with van der Waals surface area (Å²) in [6.07, 6.45) is 7.77. The van der Waals surface area contributed by atoms with Gasteiger partial charge in [0, 0.05) is 24.3 Å². The highest BCUT2D eigenvalue weighted by molar-refractivity contribution is 6.03. The molecule has 1 saturated heterocycles. The lowest BCUT2D eigenvalue weighted by atomic mass is 10.1. The minimum Gasteiger partial charge on any atom is -0.376 e. The van der Waals surface area contributed by atoms with Gasteiger partial charge in [0.25, 0.3) is 11.5 Å². The van der Waals surface area contributed by atoms with Gasteiger partial charge in [0.2, 0.25) is 0 Å². The van der Waals surface area contributed by atoms with Crippen molar-refractivity contribution < 1.29 is 9.18 Å². The van der Waals surface area contributed by atoms with Crippen LogP contribution in [-0.4, -0.2) is 45.2 Å². The van der Waals surface area contributed by atoms with Gasteiger partial charge in [-0.25, -0.2) is 14.5 Å². The van der Waals surface area contributed by atoms with Gasteiger partial charge in [-0.15, -0.1) is 0 Å². The van der Waals surface area contributed by atoms with Crippen molar-refractivity contribution in [1.29, 1.82) is 0 Å². The number of H-pyrrole nitrogens is 1. The number of aryl methyl sites for hydroxylation is 1. The summed E-state index contributed by atoms with van der Waals surface area (Å²) in [5, 5.41) is 15.7. The number of anilines is 2. The van der Waals surface area contributed by atoms with Crippen LogP contribution in [0.25, 0.3) is 11.3 Å². The van der Waals surface area contributed by atoms with Crippen LogP contribution in [0.3, 0.4) is 0 Å². The standard InChI is InChI=1S/C24H28FN7O2/c1-2-3-5-16-13-28-22(14-27-16)23(33)30-20-10-15(7-8-18(20)25)19-11-21(24(34)32-31-19)29-17-6-4-9-26-12-17/h7-8,10-11,13-14,17,26H,2-6,9,12H2,1H3,(H,29,31)(H,30,33)(H,32,34). The number of carbonyl (C=O) groups is 1. The van der Waals surface area contributed by atoms with E-state index in [1.165, 1.54) is 18.3 Å². The zero-order valence-corrected chi connectivity index (χ0v) is 19.0. The number of rotatable bonds is 8. The van der Waals surface area contributed by atoms with E-state index in [2.05, 4.69) is 43.0 Å². The van der Waals surface area contributed by atoms with Gasteiger partial charge in [-0.2, -0.15) is 5.10 Å². The van der Waals surface area contributed by atoms with Crippen LogP contribution in [0.1, 0.15) is 48.8 Å². The maximum absolute atomic E-state index is 14.5. The maximum Gasteiger partial charge on any atom is 0.287 e. The highest BCUT2D eigenvalue weighted by Crippen LogP contribution is 2.25. The average molecular weight is 466 g/mol. The number of nitrogens with zero attached hydrogens (tertiary/aromatic N) is 3. The van der Waals surface area contributed by atoms with E-state index in [1.807, 2.05) is 0 Å². The molecule has 0 bridgehead atoms. The van der Waals surface area contributed by atoms with Crippen LogP contribution in [0.4, 0.5) is 15.8 Å². The first kappa shape index (κ1) is 23.5. The summed E-state index contributed by atoms with van der Waals surface area (Å²) in [6, 6.07) is 6.04. The second-order valence-corrected chi connectivity index (χ2v) is 8.33. The minimum absolute atomic E-state index is 0.0154. The third kappa shape index (κ3) is 5.82. The molecule has 1 atom stereocenters. The van der Waals surface area contributed by atoms with Crippen LogP contribution in [-0.2, 0) is 6.42 Å². The molecule has 1 amide bonds. The Bertz CT molecular complexity index is 1190. The lowest BCUT2D eigenvalue weighted by Gasteiger charge is -2.24. The molecule has 1 aliphatic rings. The lowest BCUT2D eigenvalue weighted by molar-refractivity contribution is 0.102. The van der Waals surface area contributed by atoms with E-state index in [0.29, 0.717) is 16.9 Å². The van der Waals surface area contributed by atoms with Gasteiger partial charge < -0.3 is 16.0 Å². The first-order valence-electron chi connectivity index (χ1n) is 11.5. The first-order valence-corrected chi connectivity index (χ1v) is 11.5. The summed E-state index contributed by atoms with van der Waals surface area (Å²) < 4.78 is 14.5. The highest BCUT2D eigenvalue weighted by atomic mass is 19.1. The van der Waals surface area contributed by atoms with Crippen LogP contribution in [0.5, 0.6) is 0 Å². The van der Waals surface area contributed by atoms with Gasteiger partial charge in [-0.05, 0) is 56.5 Å². The third-order valence-corrected chi connectivity index (χ3v) is 5.69. The topological polar surface area (TPSA) is 125 Å². The van der Waals surface area contributed by atoms with E-state index in [4.69, 9.17) is 0 Å². The first-order chi connectivity index (χ1) is 16.5. The van der Waals surface area contributed by atoms with Crippen molar-refractivity contribution in [2.45, 2.75) is 45.1 Å². The molecule has 34 heavy (non-hydrogen) atoms. The second-order valence-electron chi connectivity index (χ2n) is 8.33. The number of hydrogen-bond acceptors (Lipinski definition) is 7. The Morgan fingerprint density at radius 2 is 2.09 bits per heavy atom. The number of hydrogen-bond donors (Lipinski definition) is 4. The third-order valence-electron chi connectivity index (χ3n) is 5.69. The number of halogens is 1. The van der Waals surface area contributed by atoms with Crippen molar-refractivity contribution in [3.63, 3.8) is 0 Å². The number of amides is 1. The van der Waals surface area contributed by atoms with Crippen LogP contribution in [0.2, 0.25) is 0 Å². The van der Waals surface area contributed by atoms with Gasteiger partial charge in [-0.3, -0.25) is 14.6 Å². The van der Waals surface area contributed by atoms with Crippen molar-refractivity contribution in [2.75, 3.05) is 23.7 Å². The molecule has 0 aliphatic carbocycles. The molecule has 4 N–H and O–H groups in total. The van der Waals surface area contributed by atoms with Crippen LogP contribution in [0, 0.1) is 5.82 Å². The van der Waals surface area contributed by atoms with Crippen LogP contribution >= 0.6 is 0 Å². The highest BCUT2D eigenvalue weighted by Gasteiger charge is 2.16. The molecule has 4 rings (SSSR count). The zero-order valence-electron chi connectivity index (χ0n) is 19.0. The Hall–Kier alpha value is -3.66. The number of nitrogens with one attached hydrogen (secondary N) is 4. The summed E-state index contributed by atoms with van der Waals surface area (Å²) in [7, 11) is 0. The smallest absolute Gasteiger partial charge is 0.287 e. The average Bonchev–Trinajstić information content (AvgIpc) is 2.86. The van der Waals surface area contributed by atoms with Gasteiger partial charge in [0.15, 0.2) is 0 Å². The van der Waals surface area contributed by atoms with Gasteiger partial charge in [0.05, 0.1) is 23.3 Å². The monoisotopic (exact) mass is 465 g/mol. The summed E-state index contributed by atoms with van der Waals surface area (Å²) >= 11 is 0. The Labute approximate surface area is 196 Å². The summed E-state index contributed by atoms with van der Waals surface area (Å²) in [6.45, 7) is 3.83. The van der Waals surface area contributed by atoms with Crippen molar-refractivity contribution in [1.82, 2.24) is 25.5 Å². The minimum atomic E-state index is -0.597. The molecule has 2 aromatic heterocycles. The molecule has 3 aromatic rings. The van der Waals surface area contributed by atoms with E-state index in [-0.39, 0.29) is 23.0 Å². The van der Waals surface area contributed by atoms with Crippen molar-refractivity contribution in [2.24, 2.45) is 0 Å². The lowest BCUT2D eigenvalue weighted by Crippen LogP contribution is -2.39. The Kier molecular flexibility index (Phi) is 7.58. The van der Waals surface area contributed by atoms with Crippen molar-refractivity contribution >= 4 is 17.3 Å². The zero-order chi connectivity index (χ0) is 23.9. The molecule has 0 radical (unpaired) electrons. The summed E-state index contributed by atoms with van der Waals surface area (Å²) in [5.74, 6) is -1.16. The number of piperidine rings is 1. The van der Waals surface area contributed by atoms with E-state index >= 15 is 0 Å². The molecule has 9 nitrogen and oxygen atoms in total. The number of aromatic amines is 1. The van der Waals surface area contributed by atoms with E-state index in [0.717, 1.165) is 50.9 Å². The van der Waals surface area contributed by atoms with E-state index in [1.54, 1.807) is 18.3 Å². The van der Waals surface area contributed by atoms with Crippen molar-refractivity contribution in [3.05, 3.63) is 64.2 Å². The number of carbonyl (C=O) groups excluding carboxylic acids is 1. The fourth-order valence-electron chi connectivity index (χ4n) is 3.78. The van der Waals surface area contributed by atoms with E-state index < -0.39 is 11.7 Å². The number of aromatic nitrogens is 4. The fraction of sp³-hybridized carbons (Fsp3) is 0.375. The molecular weight excluding hydrogens is 437 g/mol. The molecule has 0 spiro atoms. The molecule has 178 valence electrons. The fourth-order valence-corrected chi connectivity index (χ4v) is 3.78. The van der Waals surface area contributed by atoms with Crippen LogP contribution < -0.4 is 21.5 Å². The normalized spacial score (nSPS) is 15.6. The molecular formula is C24H28FN7O2. The number of benzene rings is 1. The molecule has 1 fully saturated rings. The summed E-state index contributed by atoms with van der Waals surface area (Å²) in [5.41, 5.74) is 1.94. The van der Waals surface area contributed by atoms with Gasteiger partial charge in [-0.1, -0.05) is 13.3 Å².